The molecule has 180 valence electrons. The number of ether oxygens (including phenoxy) is 1. The van der Waals surface area contributed by atoms with Crippen LogP contribution in [0.4, 0.5) is 0 Å². The van der Waals surface area contributed by atoms with Gasteiger partial charge in [0.15, 0.2) is 0 Å². The van der Waals surface area contributed by atoms with Crippen LogP contribution in [0.25, 0.3) is 22.8 Å². The molecule has 2 N–H and O–H groups in total. The maximum Gasteiger partial charge on any atom is 0.308 e. The van der Waals surface area contributed by atoms with Crippen LogP contribution in [0, 0.1) is 11.3 Å². The molecule has 2 heterocycles. The molecule has 0 saturated heterocycles. The van der Waals surface area contributed by atoms with Crippen molar-refractivity contribution < 1.29 is 19.2 Å². The van der Waals surface area contributed by atoms with Gasteiger partial charge in [0.05, 0.1) is 17.0 Å². The Labute approximate surface area is 204 Å². The number of carbonyl (C=O) groups is 1. The summed E-state index contributed by atoms with van der Waals surface area (Å²) >= 11 is 6.38. The van der Waals surface area contributed by atoms with Gasteiger partial charge in [-0.25, -0.2) is 0 Å². The third-order valence-corrected chi connectivity index (χ3v) is 6.32. The molecule has 0 aliphatic carbocycles. The highest BCUT2D eigenvalue weighted by Crippen LogP contribution is 2.41. The maximum absolute atomic E-state index is 12.2. The average molecular weight is 484 g/mol. The zero-order chi connectivity index (χ0) is 24.6. The molecule has 1 aromatic heterocycles. The Morgan fingerprint density at radius 2 is 2.03 bits per heavy atom. The summed E-state index contributed by atoms with van der Waals surface area (Å²) in [6.45, 7) is 10.4. The molecule has 0 radical (unpaired) electrons. The van der Waals surface area contributed by atoms with E-state index in [4.69, 9.17) is 20.9 Å². The third kappa shape index (κ3) is 4.81. The highest BCUT2D eigenvalue weighted by atomic mass is 35.5. The van der Waals surface area contributed by atoms with Crippen molar-refractivity contribution in [1.29, 1.82) is 0 Å². The van der Waals surface area contributed by atoms with Crippen molar-refractivity contribution in [3.8, 4) is 28.6 Å². The summed E-state index contributed by atoms with van der Waals surface area (Å²) in [4.78, 5) is 16.8. The van der Waals surface area contributed by atoms with Crippen LogP contribution in [0.3, 0.4) is 0 Å². The van der Waals surface area contributed by atoms with Crippen molar-refractivity contribution in [2.75, 3.05) is 6.54 Å². The second kappa shape index (κ2) is 9.39. The summed E-state index contributed by atoms with van der Waals surface area (Å²) in [6.07, 6.45) is 0.759. The molecule has 2 unspecified atom stereocenters. The second-order valence-corrected chi connectivity index (χ2v) is 10.4. The molecule has 2 atom stereocenters. The Bertz CT molecular complexity index is 1200. The zero-order valence-electron chi connectivity index (χ0n) is 20.1. The number of benzene rings is 2. The Kier molecular flexibility index (Phi) is 6.69. The van der Waals surface area contributed by atoms with Crippen LogP contribution >= 0.6 is 11.6 Å². The molecule has 3 aromatic rings. The third-order valence-electron chi connectivity index (χ3n) is 6.03. The lowest BCUT2D eigenvalue weighted by Crippen LogP contribution is -2.43. The van der Waals surface area contributed by atoms with Crippen molar-refractivity contribution in [1.82, 2.24) is 15.5 Å². The molecule has 0 bridgehead atoms. The molecule has 0 fully saturated rings. The van der Waals surface area contributed by atoms with E-state index in [1.807, 2.05) is 58.9 Å². The summed E-state index contributed by atoms with van der Waals surface area (Å²) in [6, 6.07) is 10.9. The first-order valence-corrected chi connectivity index (χ1v) is 11.8. The van der Waals surface area contributed by atoms with Gasteiger partial charge in [0.25, 0.3) is 5.89 Å². The molecule has 1 aliphatic rings. The number of fused-ring (bicyclic) bond motifs is 1. The Morgan fingerprint density at radius 1 is 1.26 bits per heavy atom. The van der Waals surface area contributed by atoms with Gasteiger partial charge in [0, 0.05) is 17.2 Å². The second-order valence-electron chi connectivity index (χ2n) is 9.97. The molecule has 0 saturated carbocycles. The molecule has 4 rings (SSSR count). The standard InChI is InChI=1S/C26H30ClN3O4/c1-14(2)33-20-10-9-15(13-19(20)27)24-29-23(30-34-24)18-8-6-7-17-16(18)11-12-28-22(17)21(25(31)32)26(3,4)5/h6-10,13-14,21-22,28H,11-12H2,1-5H3,(H,31,32). The Balaban J connectivity index is 1.69. The first kappa shape index (κ1) is 24.2. The molecule has 1 aliphatic heterocycles. The lowest BCUT2D eigenvalue weighted by Gasteiger charge is -2.38. The molecule has 34 heavy (non-hydrogen) atoms. The maximum atomic E-state index is 12.2. The molecule has 0 spiro atoms. The zero-order valence-corrected chi connectivity index (χ0v) is 20.8. The fourth-order valence-corrected chi connectivity index (χ4v) is 4.82. The highest BCUT2D eigenvalue weighted by molar-refractivity contribution is 6.32. The van der Waals surface area contributed by atoms with Gasteiger partial charge < -0.3 is 19.7 Å². The summed E-state index contributed by atoms with van der Waals surface area (Å²) in [7, 11) is 0. The van der Waals surface area contributed by atoms with E-state index in [1.165, 1.54) is 0 Å². The number of nitrogens with one attached hydrogen (secondary N) is 1. The van der Waals surface area contributed by atoms with Crippen LogP contribution in [0.2, 0.25) is 5.02 Å². The number of aromatic nitrogens is 2. The first-order chi connectivity index (χ1) is 16.1. The van der Waals surface area contributed by atoms with E-state index in [0.29, 0.717) is 34.6 Å². The van der Waals surface area contributed by atoms with Gasteiger partial charge in [-0.3, -0.25) is 4.79 Å². The van der Waals surface area contributed by atoms with Crippen LogP contribution < -0.4 is 10.1 Å². The monoisotopic (exact) mass is 483 g/mol. The fourth-order valence-electron chi connectivity index (χ4n) is 4.59. The van der Waals surface area contributed by atoms with Crippen LogP contribution in [-0.2, 0) is 11.2 Å². The van der Waals surface area contributed by atoms with Gasteiger partial charge in [-0.05, 0) is 61.6 Å². The molecular formula is C26H30ClN3O4. The Hall–Kier alpha value is -2.90. The van der Waals surface area contributed by atoms with E-state index in [0.717, 1.165) is 23.1 Å². The van der Waals surface area contributed by atoms with Crippen molar-refractivity contribution in [2.24, 2.45) is 11.3 Å². The predicted octanol–water partition coefficient (Wildman–Crippen LogP) is 5.78. The summed E-state index contributed by atoms with van der Waals surface area (Å²) in [5.74, 6) is 0.0221. The number of hydrogen-bond acceptors (Lipinski definition) is 6. The van der Waals surface area contributed by atoms with E-state index < -0.39 is 17.3 Å². The van der Waals surface area contributed by atoms with Gasteiger partial charge in [0.1, 0.15) is 5.75 Å². The van der Waals surface area contributed by atoms with Gasteiger partial charge in [0.2, 0.25) is 5.82 Å². The normalized spacial score (nSPS) is 16.9. The topological polar surface area (TPSA) is 97.5 Å². The molecule has 0 amide bonds. The molecular weight excluding hydrogens is 454 g/mol. The van der Waals surface area contributed by atoms with Gasteiger partial charge in [-0.15, -0.1) is 0 Å². The number of carboxylic acids is 1. The fraction of sp³-hybridized carbons (Fsp3) is 0.423. The van der Waals surface area contributed by atoms with E-state index in [9.17, 15) is 9.90 Å². The average Bonchev–Trinajstić information content (AvgIpc) is 3.23. The van der Waals surface area contributed by atoms with Crippen molar-refractivity contribution in [2.45, 2.75) is 53.2 Å². The lowest BCUT2D eigenvalue weighted by molar-refractivity contribution is -0.147. The van der Waals surface area contributed by atoms with Gasteiger partial charge >= 0.3 is 5.97 Å². The van der Waals surface area contributed by atoms with Crippen LogP contribution in [-0.4, -0.2) is 33.9 Å². The number of halogens is 1. The van der Waals surface area contributed by atoms with Gasteiger partial charge in [-0.2, -0.15) is 4.98 Å². The molecule has 8 heteroatoms. The van der Waals surface area contributed by atoms with Crippen molar-refractivity contribution >= 4 is 17.6 Å². The minimum atomic E-state index is -0.813. The largest absolute Gasteiger partial charge is 0.489 e. The number of rotatable bonds is 6. The Morgan fingerprint density at radius 3 is 2.68 bits per heavy atom. The van der Waals surface area contributed by atoms with Gasteiger partial charge in [-0.1, -0.05) is 55.7 Å². The molecule has 2 aromatic carbocycles. The summed E-state index contributed by atoms with van der Waals surface area (Å²) in [5, 5.41) is 18.1. The van der Waals surface area contributed by atoms with Crippen molar-refractivity contribution in [3.05, 3.63) is 52.5 Å². The SMILES string of the molecule is CC(C)Oc1ccc(-c2nc(-c3cccc4c3CCNC4C(C(=O)O)C(C)(C)C)no2)cc1Cl. The van der Waals surface area contributed by atoms with E-state index >= 15 is 0 Å². The quantitative estimate of drug-likeness (QED) is 0.458. The van der Waals surface area contributed by atoms with E-state index in [1.54, 1.807) is 12.1 Å². The highest BCUT2D eigenvalue weighted by Gasteiger charge is 2.41. The van der Waals surface area contributed by atoms with Crippen LogP contribution in [0.5, 0.6) is 5.75 Å². The lowest BCUT2D eigenvalue weighted by atomic mass is 9.72. The number of aliphatic carboxylic acids is 1. The van der Waals surface area contributed by atoms with Crippen molar-refractivity contribution in [3.63, 3.8) is 0 Å². The number of hydrogen-bond donors (Lipinski definition) is 2. The summed E-state index contributed by atoms with van der Waals surface area (Å²) < 4.78 is 11.3. The smallest absolute Gasteiger partial charge is 0.308 e. The summed E-state index contributed by atoms with van der Waals surface area (Å²) in [5.41, 5.74) is 3.15. The van der Waals surface area contributed by atoms with E-state index in [-0.39, 0.29) is 12.1 Å². The van der Waals surface area contributed by atoms with Crippen LogP contribution in [0.15, 0.2) is 40.9 Å². The minimum absolute atomic E-state index is 0.0138. The van der Waals surface area contributed by atoms with Crippen LogP contribution in [0.1, 0.15) is 51.8 Å². The number of nitrogens with zero attached hydrogens (tertiary/aromatic N) is 2. The first-order valence-electron chi connectivity index (χ1n) is 11.4. The van der Waals surface area contributed by atoms with E-state index in [2.05, 4.69) is 15.5 Å². The minimum Gasteiger partial charge on any atom is -0.489 e. The predicted molar refractivity (Wildman–Crippen MR) is 131 cm³/mol. The molecule has 7 nitrogen and oxygen atoms in total. The number of carboxylic acid groups (broad SMARTS) is 1.